The van der Waals surface area contributed by atoms with Gasteiger partial charge in [-0.1, -0.05) is 19.8 Å². The number of hydrogen-bond acceptors (Lipinski definition) is 4. The molecular weight excluding hydrogens is 204 g/mol. The Labute approximate surface area is 99.3 Å². The van der Waals surface area contributed by atoms with Crippen molar-refractivity contribution in [1.82, 2.24) is 10.2 Å². The second-order valence-electron chi connectivity index (χ2n) is 4.33. The highest BCUT2D eigenvalue weighted by Crippen LogP contribution is 2.02. The van der Waals surface area contributed by atoms with E-state index in [1.807, 2.05) is 0 Å². The number of unbranched alkanes of at least 4 members (excludes halogenated alkanes) is 1. The van der Waals surface area contributed by atoms with Gasteiger partial charge in [0.2, 0.25) is 0 Å². The van der Waals surface area contributed by atoms with Gasteiger partial charge in [-0.3, -0.25) is 4.79 Å². The van der Waals surface area contributed by atoms with E-state index in [4.69, 9.17) is 4.74 Å². The van der Waals surface area contributed by atoms with Gasteiger partial charge in [0.1, 0.15) is 6.04 Å². The molecule has 0 bridgehead atoms. The number of rotatable bonds is 9. The highest BCUT2D eigenvalue weighted by molar-refractivity contribution is 5.75. The Hall–Kier alpha value is -0.610. The van der Waals surface area contributed by atoms with Gasteiger partial charge in [0.05, 0.1) is 7.11 Å². The Morgan fingerprint density at radius 3 is 2.56 bits per heavy atom. The molecular formula is C12H26N2O2. The maximum absolute atomic E-state index is 11.5. The van der Waals surface area contributed by atoms with Crippen molar-refractivity contribution in [2.24, 2.45) is 0 Å². The number of esters is 1. The predicted molar refractivity (Wildman–Crippen MR) is 66.5 cm³/mol. The summed E-state index contributed by atoms with van der Waals surface area (Å²) in [5.74, 6) is -0.140. The van der Waals surface area contributed by atoms with Crippen molar-refractivity contribution in [2.45, 2.75) is 38.6 Å². The summed E-state index contributed by atoms with van der Waals surface area (Å²) in [6.07, 6.45) is 4.07. The lowest BCUT2D eigenvalue weighted by Crippen LogP contribution is -2.38. The third kappa shape index (κ3) is 7.65. The first-order chi connectivity index (χ1) is 7.61. The van der Waals surface area contributed by atoms with Gasteiger partial charge in [0, 0.05) is 0 Å². The lowest BCUT2D eigenvalue weighted by Gasteiger charge is -2.17. The maximum Gasteiger partial charge on any atom is 0.322 e. The van der Waals surface area contributed by atoms with Crippen LogP contribution in [0.4, 0.5) is 0 Å². The van der Waals surface area contributed by atoms with E-state index < -0.39 is 0 Å². The molecule has 0 aliphatic carbocycles. The van der Waals surface area contributed by atoms with Gasteiger partial charge in [-0.05, 0) is 40.0 Å². The first-order valence-corrected chi connectivity index (χ1v) is 6.07. The van der Waals surface area contributed by atoms with Gasteiger partial charge < -0.3 is 15.0 Å². The molecule has 1 N–H and O–H groups in total. The van der Waals surface area contributed by atoms with E-state index in [1.165, 1.54) is 7.11 Å². The van der Waals surface area contributed by atoms with Crippen molar-refractivity contribution in [3.63, 3.8) is 0 Å². The van der Waals surface area contributed by atoms with Gasteiger partial charge in [-0.25, -0.2) is 0 Å². The number of carbonyl (C=O) groups is 1. The van der Waals surface area contributed by atoms with Crippen LogP contribution in [0.15, 0.2) is 0 Å². The Morgan fingerprint density at radius 2 is 2.06 bits per heavy atom. The lowest BCUT2D eigenvalue weighted by molar-refractivity contribution is -0.143. The summed E-state index contributed by atoms with van der Waals surface area (Å²) in [6, 6.07) is -0.132. The first kappa shape index (κ1) is 15.4. The molecule has 0 fully saturated rings. The number of ether oxygens (including phenoxy) is 1. The van der Waals surface area contributed by atoms with Crippen molar-refractivity contribution in [3.8, 4) is 0 Å². The topological polar surface area (TPSA) is 41.6 Å². The summed E-state index contributed by atoms with van der Waals surface area (Å²) >= 11 is 0. The second-order valence-corrected chi connectivity index (χ2v) is 4.33. The highest BCUT2D eigenvalue weighted by atomic mass is 16.5. The molecule has 0 saturated heterocycles. The summed E-state index contributed by atoms with van der Waals surface area (Å²) in [4.78, 5) is 13.6. The zero-order valence-corrected chi connectivity index (χ0v) is 11.1. The van der Waals surface area contributed by atoms with E-state index >= 15 is 0 Å². The Bertz CT molecular complexity index is 184. The van der Waals surface area contributed by atoms with E-state index in [1.54, 1.807) is 0 Å². The van der Waals surface area contributed by atoms with Crippen molar-refractivity contribution < 1.29 is 9.53 Å². The minimum atomic E-state index is -0.140. The van der Waals surface area contributed by atoms with Crippen LogP contribution in [0.5, 0.6) is 0 Å². The van der Waals surface area contributed by atoms with Crippen molar-refractivity contribution in [2.75, 3.05) is 34.3 Å². The quantitative estimate of drug-likeness (QED) is 0.478. The minimum Gasteiger partial charge on any atom is -0.468 e. The van der Waals surface area contributed by atoms with Crippen LogP contribution in [-0.4, -0.2) is 51.2 Å². The molecule has 0 aromatic carbocycles. The molecule has 0 aliphatic rings. The number of hydrogen-bond donors (Lipinski definition) is 1. The monoisotopic (exact) mass is 230 g/mol. The third-order valence-electron chi connectivity index (χ3n) is 2.50. The maximum atomic E-state index is 11.5. The number of nitrogens with one attached hydrogen (secondary N) is 1. The summed E-state index contributed by atoms with van der Waals surface area (Å²) in [5, 5.41) is 3.26. The van der Waals surface area contributed by atoms with E-state index in [0.29, 0.717) is 0 Å². The average molecular weight is 230 g/mol. The molecule has 4 nitrogen and oxygen atoms in total. The Balaban J connectivity index is 3.78. The minimum absolute atomic E-state index is 0.132. The molecule has 0 aromatic rings. The molecule has 0 aromatic heterocycles. The molecule has 1 unspecified atom stereocenters. The standard InChI is InChI=1S/C12H26N2O2/c1-5-6-8-11(12(15)16-4)13-9-7-10-14(2)3/h11,13H,5-10H2,1-4H3. The van der Waals surface area contributed by atoms with Crippen molar-refractivity contribution in [3.05, 3.63) is 0 Å². The fraction of sp³-hybridized carbons (Fsp3) is 0.917. The summed E-state index contributed by atoms with van der Waals surface area (Å²) < 4.78 is 4.78. The molecule has 0 amide bonds. The normalized spacial score (nSPS) is 12.8. The molecule has 0 heterocycles. The zero-order valence-electron chi connectivity index (χ0n) is 11.1. The molecule has 96 valence electrons. The number of methoxy groups -OCH3 is 1. The largest absolute Gasteiger partial charge is 0.468 e. The highest BCUT2D eigenvalue weighted by Gasteiger charge is 2.16. The summed E-state index contributed by atoms with van der Waals surface area (Å²) in [7, 11) is 5.55. The van der Waals surface area contributed by atoms with Gasteiger partial charge in [0.15, 0.2) is 0 Å². The van der Waals surface area contributed by atoms with Gasteiger partial charge in [-0.15, -0.1) is 0 Å². The molecule has 1 atom stereocenters. The van der Waals surface area contributed by atoms with Crippen LogP contribution in [0, 0.1) is 0 Å². The Morgan fingerprint density at radius 1 is 1.38 bits per heavy atom. The fourth-order valence-corrected chi connectivity index (χ4v) is 1.53. The Kier molecular flexibility index (Phi) is 9.24. The van der Waals surface area contributed by atoms with Crippen molar-refractivity contribution >= 4 is 5.97 Å². The zero-order chi connectivity index (χ0) is 12.4. The van der Waals surface area contributed by atoms with E-state index in [0.717, 1.165) is 38.8 Å². The van der Waals surface area contributed by atoms with Crippen LogP contribution in [0.3, 0.4) is 0 Å². The molecule has 16 heavy (non-hydrogen) atoms. The van der Waals surface area contributed by atoms with Crippen molar-refractivity contribution in [1.29, 1.82) is 0 Å². The summed E-state index contributed by atoms with van der Waals surface area (Å²) in [6.45, 7) is 4.02. The van der Waals surface area contributed by atoms with Crippen LogP contribution in [0.25, 0.3) is 0 Å². The van der Waals surface area contributed by atoms with E-state index in [2.05, 4.69) is 31.2 Å². The lowest BCUT2D eigenvalue weighted by atomic mass is 10.1. The molecule has 0 rings (SSSR count). The van der Waals surface area contributed by atoms with E-state index in [-0.39, 0.29) is 12.0 Å². The van der Waals surface area contributed by atoms with Crippen LogP contribution in [0.2, 0.25) is 0 Å². The van der Waals surface area contributed by atoms with Gasteiger partial charge in [-0.2, -0.15) is 0 Å². The second kappa shape index (κ2) is 9.60. The molecule has 0 aliphatic heterocycles. The van der Waals surface area contributed by atoms with E-state index in [9.17, 15) is 4.79 Å². The van der Waals surface area contributed by atoms with Crippen LogP contribution < -0.4 is 5.32 Å². The third-order valence-corrected chi connectivity index (χ3v) is 2.50. The first-order valence-electron chi connectivity index (χ1n) is 6.07. The fourth-order valence-electron chi connectivity index (χ4n) is 1.53. The van der Waals surface area contributed by atoms with Gasteiger partial charge >= 0.3 is 5.97 Å². The van der Waals surface area contributed by atoms with Crippen LogP contribution in [0.1, 0.15) is 32.6 Å². The predicted octanol–water partition coefficient (Wildman–Crippen LogP) is 1.26. The smallest absolute Gasteiger partial charge is 0.322 e. The SMILES string of the molecule is CCCCC(NCCCN(C)C)C(=O)OC. The van der Waals surface area contributed by atoms with Gasteiger partial charge in [0.25, 0.3) is 0 Å². The van der Waals surface area contributed by atoms with Crippen LogP contribution >= 0.6 is 0 Å². The summed E-state index contributed by atoms with van der Waals surface area (Å²) in [5.41, 5.74) is 0. The molecule has 0 spiro atoms. The van der Waals surface area contributed by atoms with Crippen LogP contribution in [-0.2, 0) is 9.53 Å². The molecule has 4 heteroatoms. The molecule has 0 radical (unpaired) electrons. The number of carbonyl (C=O) groups excluding carboxylic acids is 1. The molecule has 0 saturated carbocycles. The average Bonchev–Trinajstić information content (AvgIpc) is 2.26. The number of nitrogens with zero attached hydrogens (tertiary/aromatic N) is 1.